The van der Waals surface area contributed by atoms with Gasteiger partial charge in [-0.1, -0.05) is 24.3 Å². The van der Waals surface area contributed by atoms with Gasteiger partial charge in [0, 0.05) is 25.3 Å². The van der Waals surface area contributed by atoms with Crippen LogP contribution in [-0.4, -0.2) is 50.1 Å². The van der Waals surface area contributed by atoms with E-state index in [0.717, 1.165) is 30.3 Å². The van der Waals surface area contributed by atoms with Crippen LogP contribution in [0.5, 0.6) is 11.5 Å². The standard InChI is InChI=1S/C24H32N4O3/c1-3-25-23(29)18-31-21-13-12-19(16-22(21)30-2)17-26-24(28-14-8-5-9-15-28)27-20-10-6-4-7-11-20/h4,6-7,10-13,16H,3,5,8-9,14-15,17-18H2,1-2H3,(H,25,29)(H,26,27). The lowest BCUT2D eigenvalue weighted by Crippen LogP contribution is -2.40. The maximum absolute atomic E-state index is 11.7. The summed E-state index contributed by atoms with van der Waals surface area (Å²) in [5, 5.41) is 6.19. The maximum Gasteiger partial charge on any atom is 0.257 e. The van der Waals surface area contributed by atoms with Crippen molar-refractivity contribution >= 4 is 17.6 Å². The normalized spacial score (nSPS) is 14.1. The predicted octanol–water partition coefficient (Wildman–Crippen LogP) is 3.66. The molecule has 1 aliphatic rings. The molecule has 2 aromatic carbocycles. The zero-order valence-electron chi connectivity index (χ0n) is 18.4. The number of guanidine groups is 1. The molecule has 0 radical (unpaired) electrons. The van der Waals surface area contributed by atoms with Crippen molar-refractivity contribution in [1.29, 1.82) is 0 Å². The van der Waals surface area contributed by atoms with E-state index in [0.29, 0.717) is 24.6 Å². The first-order valence-corrected chi connectivity index (χ1v) is 10.9. The third kappa shape index (κ3) is 6.91. The summed E-state index contributed by atoms with van der Waals surface area (Å²) in [6.07, 6.45) is 3.63. The molecule has 1 aliphatic heterocycles. The van der Waals surface area contributed by atoms with Crippen LogP contribution in [0.15, 0.2) is 53.5 Å². The van der Waals surface area contributed by atoms with Crippen molar-refractivity contribution in [2.75, 3.05) is 38.7 Å². The molecular weight excluding hydrogens is 392 g/mol. The molecule has 7 heteroatoms. The van der Waals surface area contributed by atoms with Crippen molar-refractivity contribution < 1.29 is 14.3 Å². The van der Waals surface area contributed by atoms with Gasteiger partial charge in [0.1, 0.15) is 0 Å². The smallest absolute Gasteiger partial charge is 0.257 e. The molecule has 0 aromatic heterocycles. The van der Waals surface area contributed by atoms with Gasteiger partial charge < -0.3 is 25.0 Å². The average molecular weight is 425 g/mol. The van der Waals surface area contributed by atoms with Gasteiger partial charge in [0.05, 0.1) is 13.7 Å². The summed E-state index contributed by atoms with van der Waals surface area (Å²) >= 11 is 0. The Morgan fingerprint density at radius 1 is 1.06 bits per heavy atom. The molecule has 0 aliphatic carbocycles. The van der Waals surface area contributed by atoms with E-state index in [1.807, 2.05) is 55.5 Å². The number of para-hydroxylation sites is 1. The highest BCUT2D eigenvalue weighted by atomic mass is 16.5. The van der Waals surface area contributed by atoms with Crippen molar-refractivity contribution in [3.63, 3.8) is 0 Å². The van der Waals surface area contributed by atoms with E-state index in [9.17, 15) is 4.79 Å². The number of hydrogen-bond acceptors (Lipinski definition) is 4. The van der Waals surface area contributed by atoms with Crippen molar-refractivity contribution in [3.05, 3.63) is 54.1 Å². The van der Waals surface area contributed by atoms with Crippen LogP contribution >= 0.6 is 0 Å². The number of carbonyl (C=O) groups excluding carboxylic acids is 1. The second-order valence-electron chi connectivity index (χ2n) is 7.41. The zero-order chi connectivity index (χ0) is 21.9. The Bertz CT molecular complexity index is 864. The molecule has 0 saturated carbocycles. The Kier molecular flexibility index (Phi) is 8.58. The first-order valence-electron chi connectivity index (χ1n) is 10.9. The number of anilines is 1. The fourth-order valence-electron chi connectivity index (χ4n) is 3.46. The molecule has 7 nitrogen and oxygen atoms in total. The topological polar surface area (TPSA) is 75.2 Å². The number of methoxy groups -OCH3 is 1. The van der Waals surface area contributed by atoms with E-state index in [4.69, 9.17) is 14.5 Å². The van der Waals surface area contributed by atoms with Crippen LogP contribution in [0.1, 0.15) is 31.7 Å². The molecule has 1 heterocycles. The van der Waals surface area contributed by atoms with Crippen molar-refractivity contribution in [2.24, 2.45) is 4.99 Å². The molecule has 0 atom stereocenters. The number of amides is 1. The number of hydrogen-bond donors (Lipinski definition) is 2. The fraction of sp³-hybridized carbons (Fsp3) is 0.417. The molecular formula is C24H32N4O3. The van der Waals surface area contributed by atoms with Gasteiger partial charge in [-0.3, -0.25) is 4.79 Å². The molecule has 1 saturated heterocycles. The Labute approximate surface area is 184 Å². The summed E-state index contributed by atoms with van der Waals surface area (Å²) in [6.45, 7) is 4.94. The Morgan fingerprint density at radius 3 is 2.55 bits per heavy atom. The quantitative estimate of drug-likeness (QED) is 0.500. The number of nitrogens with one attached hydrogen (secondary N) is 2. The lowest BCUT2D eigenvalue weighted by Gasteiger charge is -2.30. The van der Waals surface area contributed by atoms with Crippen LogP contribution < -0.4 is 20.1 Å². The molecule has 1 amide bonds. The van der Waals surface area contributed by atoms with Crippen LogP contribution in [0, 0.1) is 0 Å². The number of benzene rings is 2. The zero-order valence-corrected chi connectivity index (χ0v) is 18.4. The molecule has 31 heavy (non-hydrogen) atoms. The lowest BCUT2D eigenvalue weighted by atomic mass is 10.1. The highest BCUT2D eigenvalue weighted by Crippen LogP contribution is 2.28. The minimum Gasteiger partial charge on any atom is -0.493 e. The Morgan fingerprint density at radius 2 is 1.84 bits per heavy atom. The largest absolute Gasteiger partial charge is 0.493 e. The van der Waals surface area contributed by atoms with Gasteiger partial charge in [-0.15, -0.1) is 0 Å². The molecule has 1 fully saturated rings. The van der Waals surface area contributed by atoms with Crippen LogP contribution in [0.4, 0.5) is 5.69 Å². The number of likely N-dealkylation sites (tertiary alicyclic amines) is 1. The number of piperidine rings is 1. The summed E-state index contributed by atoms with van der Waals surface area (Å²) in [5.74, 6) is 1.87. The van der Waals surface area contributed by atoms with Crippen LogP contribution in [-0.2, 0) is 11.3 Å². The molecule has 0 spiro atoms. The molecule has 0 bridgehead atoms. The second-order valence-corrected chi connectivity index (χ2v) is 7.41. The van der Waals surface area contributed by atoms with Gasteiger partial charge in [0.2, 0.25) is 0 Å². The molecule has 2 aromatic rings. The number of nitrogens with zero attached hydrogens (tertiary/aromatic N) is 2. The summed E-state index contributed by atoms with van der Waals surface area (Å²) in [7, 11) is 1.59. The van der Waals surface area contributed by atoms with Crippen molar-refractivity contribution in [2.45, 2.75) is 32.7 Å². The first-order chi connectivity index (χ1) is 15.2. The fourth-order valence-corrected chi connectivity index (χ4v) is 3.46. The minimum atomic E-state index is -0.156. The molecule has 2 N–H and O–H groups in total. The van der Waals surface area contributed by atoms with Gasteiger partial charge in [-0.2, -0.15) is 0 Å². The summed E-state index contributed by atoms with van der Waals surface area (Å²) in [4.78, 5) is 18.9. The average Bonchev–Trinajstić information content (AvgIpc) is 2.82. The summed E-state index contributed by atoms with van der Waals surface area (Å²) < 4.78 is 11.1. The third-order valence-electron chi connectivity index (χ3n) is 5.06. The van der Waals surface area contributed by atoms with Crippen molar-refractivity contribution in [1.82, 2.24) is 10.2 Å². The van der Waals surface area contributed by atoms with Gasteiger partial charge in [-0.25, -0.2) is 4.99 Å². The van der Waals surface area contributed by atoms with Gasteiger partial charge >= 0.3 is 0 Å². The van der Waals surface area contributed by atoms with E-state index < -0.39 is 0 Å². The second kappa shape index (κ2) is 11.8. The summed E-state index contributed by atoms with van der Waals surface area (Å²) in [6, 6.07) is 15.8. The molecule has 3 rings (SSSR count). The number of carbonyl (C=O) groups is 1. The van der Waals surface area contributed by atoms with Crippen molar-refractivity contribution in [3.8, 4) is 11.5 Å². The first kappa shape index (κ1) is 22.5. The number of likely N-dealkylation sites (N-methyl/N-ethyl adjacent to an activating group) is 1. The van der Waals surface area contributed by atoms with Gasteiger partial charge in [-0.05, 0) is 56.0 Å². The highest BCUT2D eigenvalue weighted by Gasteiger charge is 2.15. The summed E-state index contributed by atoms with van der Waals surface area (Å²) in [5.41, 5.74) is 2.03. The molecule has 166 valence electrons. The van der Waals surface area contributed by atoms with Gasteiger partial charge in [0.15, 0.2) is 24.1 Å². The van der Waals surface area contributed by atoms with Gasteiger partial charge in [0.25, 0.3) is 5.91 Å². The number of aliphatic imine (C=N–C) groups is 1. The Hall–Kier alpha value is -3.22. The van der Waals surface area contributed by atoms with E-state index >= 15 is 0 Å². The third-order valence-corrected chi connectivity index (χ3v) is 5.06. The van der Waals surface area contributed by atoms with Crippen LogP contribution in [0.25, 0.3) is 0 Å². The van der Waals surface area contributed by atoms with Crippen LogP contribution in [0.3, 0.4) is 0 Å². The molecule has 0 unspecified atom stereocenters. The number of rotatable bonds is 8. The lowest BCUT2D eigenvalue weighted by molar-refractivity contribution is -0.123. The van der Waals surface area contributed by atoms with E-state index in [2.05, 4.69) is 15.5 Å². The predicted molar refractivity (Wildman–Crippen MR) is 124 cm³/mol. The monoisotopic (exact) mass is 424 g/mol. The van der Waals surface area contributed by atoms with E-state index in [-0.39, 0.29) is 12.5 Å². The SMILES string of the molecule is CCNC(=O)COc1ccc(CN=C(Nc2ccccc2)N2CCCCC2)cc1OC. The van der Waals surface area contributed by atoms with E-state index in [1.165, 1.54) is 19.3 Å². The maximum atomic E-state index is 11.7. The highest BCUT2D eigenvalue weighted by molar-refractivity contribution is 5.93. The Balaban J connectivity index is 1.71. The minimum absolute atomic E-state index is 0.0399. The van der Waals surface area contributed by atoms with E-state index in [1.54, 1.807) is 7.11 Å². The number of ether oxygens (including phenoxy) is 2. The van der Waals surface area contributed by atoms with Crippen LogP contribution in [0.2, 0.25) is 0 Å².